The first kappa shape index (κ1) is 10.7. The zero-order valence-corrected chi connectivity index (χ0v) is 8.56. The predicted molar refractivity (Wildman–Crippen MR) is 58.4 cm³/mol. The van der Waals surface area contributed by atoms with E-state index in [2.05, 4.69) is 10.6 Å². The van der Waals surface area contributed by atoms with E-state index < -0.39 is 0 Å². The first-order chi connectivity index (χ1) is 6.63. The van der Waals surface area contributed by atoms with Crippen molar-refractivity contribution in [1.29, 1.82) is 0 Å². The molecule has 0 fully saturated rings. The van der Waals surface area contributed by atoms with Gasteiger partial charge in [0.15, 0.2) is 0 Å². The van der Waals surface area contributed by atoms with E-state index in [1.807, 2.05) is 0 Å². The Morgan fingerprint density at radius 2 is 2.29 bits per heavy atom. The Hall–Kier alpha value is -1.42. The number of halogens is 1. The molecule has 0 bridgehead atoms. The Kier molecular flexibility index (Phi) is 3.59. The minimum Gasteiger partial charge on any atom is -0.397 e. The number of rotatable bonds is 3. The van der Waals surface area contributed by atoms with Crippen LogP contribution in [0.3, 0.4) is 0 Å². The quantitative estimate of drug-likeness (QED) is 0.659. The zero-order chi connectivity index (χ0) is 10.6. The van der Waals surface area contributed by atoms with Crippen LogP contribution in [0.25, 0.3) is 0 Å². The third-order valence-corrected chi connectivity index (χ3v) is 1.97. The highest BCUT2D eigenvalue weighted by atomic mass is 35.5. The minimum absolute atomic E-state index is 0.107. The van der Waals surface area contributed by atoms with Crippen molar-refractivity contribution in [3.63, 3.8) is 0 Å². The zero-order valence-electron chi connectivity index (χ0n) is 7.80. The highest BCUT2D eigenvalue weighted by Crippen LogP contribution is 2.22. The molecule has 0 unspecified atom stereocenters. The molecule has 14 heavy (non-hydrogen) atoms. The molecule has 0 saturated carbocycles. The summed E-state index contributed by atoms with van der Waals surface area (Å²) in [6, 6.07) is 5.07. The molecular formula is C9H12ClN3O. The second kappa shape index (κ2) is 4.72. The number of hydrogen-bond acceptors (Lipinski definition) is 3. The minimum atomic E-state index is -0.107. The molecule has 1 rings (SSSR count). The van der Waals surface area contributed by atoms with Gasteiger partial charge in [0.05, 0.1) is 17.9 Å². The van der Waals surface area contributed by atoms with Crippen LogP contribution in [0.2, 0.25) is 5.02 Å². The van der Waals surface area contributed by atoms with E-state index in [0.717, 1.165) is 0 Å². The van der Waals surface area contributed by atoms with Crippen molar-refractivity contribution in [2.24, 2.45) is 0 Å². The molecule has 0 aliphatic rings. The Balaban J connectivity index is 2.66. The smallest absolute Gasteiger partial charge is 0.239 e. The number of nitrogens with two attached hydrogens (primary N) is 1. The number of hydrogen-bond donors (Lipinski definition) is 3. The monoisotopic (exact) mass is 213 g/mol. The molecule has 76 valence electrons. The van der Waals surface area contributed by atoms with Crippen LogP contribution in [-0.2, 0) is 4.79 Å². The molecule has 1 aromatic rings. The van der Waals surface area contributed by atoms with Crippen molar-refractivity contribution in [1.82, 2.24) is 5.32 Å². The van der Waals surface area contributed by atoms with Gasteiger partial charge in [-0.2, -0.15) is 0 Å². The number of carbonyl (C=O) groups excluding carboxylic acids is 1. The molecule has 1 aromatic carbocycles. The molecule has 5 heteroatoms. The fraction of sp³-hybridized carbons (Fsp3) is 0.222. The second-order valence-corrected chi connectivity index (χ2v) is 3.19. The van der Waals surface area contributed by atoms with E-state index in [1.165, 1.54) is 0 Å². The normalized spacial score (nSPS) is 9.57. The van der Waals surface area contributed by atoms with Crippen molar-refractivity contribution in [3.8, 4) is 0 Å². The van der Waals surface area contributed by atoms with Crippen LogP contribution < -0.4 is 16.4 Å². The lowest BCUT2D eigenvalue weighted by Gasteiger charge is -2.08. The maximum Gasteiger partial charge on any atom is 0.239 e. The molecule has 0 atom stereocenters. The number of anilines is 2. The van der Waals surface area contributed by atoms with Gasteiger partial charge < -0.3 is 16.4 Å². The number of amides is 1. The molecule has 0 aliphatic carbocycles. The van der Waals surface area contributed by atoms with Gasteiger partial charge in [-0.25, -0.2) is 0 Å². The van der Waals surface area contributed by atoms with E-state index in [0.29, 0.717) is 16.4 Å². The van der Waals surface area contributed by atoms with Crippen LogP contribution in [0.5, 0.6) is 0 Å². The van der Waals surface area contributed by atoms with Gasteiger partial charge in [0.25, 0.3) is 0 Å². The van der Waals surface area contributed by atoms with Gasteiger partial charge in [-0.1, -0.05) is 11.6 Å². The first-order valence-electron chi connectivity index (χ1n) is 4.13. The third kappa shape index (κ3) is 2.81. The molecule has 0 heterocycles. The van der Waals surface area contributed by atoms with Crippen LogP contribution in [0.1, 0.15) is 0 Å². The lowest BCUT2D eigenvalue weighted by Crippen LogP contribution is -2.26. The summed E-state index contributed by atoms with van der Waals surface area (Å²) >= 11 is 5.77. The van der Waals surface area contributed by atoms with Crippen LogP contribution in [0, 0.1) is 0 Å². The lowest BCUT2D eigenvalue weighted by molar-refractivity contribution is -0.118. The highest BCUT2D eigenvalue weighted by molar-refractivity contribution is 6.31. The SMILES string of the molecule is CNC(=O)CNc1cc(Cl)ccc1N. The summed E-state index contributed by atoms with van der Waals surface area (Å²) in [7, 11) is 1.57. The van der Waals surface area contributed by atoms with Gasteiger partial charge in [0, 0.05) is 12.1 Å². The Morgan fingerprint density at radius 1 is 1.57 bits per heavy atom. The molecule has 0 radical (unpaired) electrons. The van der Waals surface area contributed by atoms with Gasteiger partial charge >= 0.3 is 0 Å². The lowest BCUT2D eigenvalue weighted by atomic mass is 10.2. The van der Waals surface area contributed by atoms with Gasteiger partial charge in [-0.3, -0.25) is 4.79 Å². The number of nitrogens with one attached hydrogen (secondary N) is 2. The Morgan fingerprint density at radius 3 is 2.93 bits per heavy atom. The summed E-state index contributed by atoms with van der Waals surface area (Å²) in [5.41, 5.74) is 6.90. The molecule has 0 aliphatic heterocycles. The summed E-state index contributed by atoms with van der Waals surface area (Å²) in [5.74, 6) is -0.107. The summed E-state index contributed by atoms with van der Waals surface area (Å²) < 4.78 is 0. The average molecular weight is 214 g/mol. The number of carbonyl (C=O) groups is 1. The van der Waals surface area contributed by atoms with Crippen molar-refractivity contribution in [3.05, 3.63) is 23.2 Å². The van der Waals surface area contributed by atoms with E-state index in [-0.39, 0.29) is 12.5 Å². The van der Waals surface area contributed by atoms with Crippen molar-refractivity contribution in [2.45, 2.75) is 0 Å². The molecule has 0 aromatic heterocycles. The highest BCUT2D eigenvalue weighted by Gasteiger charge is 2.01. The third-order valence-electron chi connectivity index (χ3n) is 1.73. The standard InChI is InChI=1S/C9H12ClN3O/c1-12-9(14)5-13-8-4-6(10)2-3-7(8)11/h2-4,13H,5,11H2,1H3,(H,12,14). The predicted octanol–water partition coefficient (Wildman–Crippen LogP) is 1.08. The summed E-state index contributed by atoms with van der Waals surface area (Å²) in [6.07, 6.45) is 0. The summed E-state index contributed by atoms with van der Waals surface area (Å²) in [4.78, 5) is 10.9. The van der Waals surface area contributed by atoms with Crippen LogP contribution in [-0.4, -0.2) is 19.5 Å². The Labute approximate surface area is 87.4 Å². The van der Waals surface area contributed by atoms with Gasteiger partial charge in [-0.05, 0) is 18.2 Å². The van der Waals surface area contributed by atoms with Crippen LogP contribution in [0.15, 0.2) is 18.2 Å². The number of likely N-dealkylation sites (N-methyl/N-ethyl adjacent to an activating group) is 1. The molecule has 4 N–H and O–H groups in total. The molecule has 0 saturated heterocycles. The summed E-state index contributed by atoms with van der Waals surface area (Å²) in [5, 5.41) is 5.96. The first-order valence-corrected chi connectivity index (χ1v) is 4.50. The van der Waals surface area contributed by atoms with E-state index >= 15 is 0 Å². The van der Waals surface area contributed by atoms with Crippen molar-refractivity contribution < 1.29 is 4.79 Å². The maximum absolute atomic E-state index is 10.9. The van der Waals surface area contributed by atoms with Gasteiger partial charge in [0.1, 0.15) is 0 Å². The topological polar surface area (TPSA) is 67.2 Å². The maximum atomic E-state index is 10.9. The Bertz CT molecular complexity index is 341. The van der Waals surface area contributed by atoms with Crippen LogP contribution >= 0.6 is 11.6 Å². The van der Waals surface area contributed by atoms with Gasteiger partial charge in [0.2, 0.25) is 5.91 Å². The second-order valence-electron chi connectivity index (χ2n) is 2.76. The molecular weight excluding hydrogens is 202 g/mol. The fourth-order valence-corrected chi connectivity index (χ4v) is 1.12. The van der Waals surface area contributed by atoms with Crippen molar-refractivity contribution >= 4 is 28.9 Å². The average Bonchev–Trinajstić information content (AvgIpc) is 2.19. The van der Waals surface area contributed by atoms with Gasteiger partial charge in [-0.15, -0.1) is 0 Å². The van der Waals surface area contributed by atoms with E-state index in [1.54, 1.807) is 25.2 Å². The molecule has 4 nitrogen and oxygen atoms in total. The number of benzene rings is 1. The fourth-order valence-electron chi connectivity index (χ4n) is 0.945. The molecule has 1 amide bonds. The summed E-state index contributed by atoms with van der Waals surface area (Å²) in [6.45, 7) is 0.182. The number of nitrogen functional groups attached to an aromatic ring is 1. The largest absolute Gasteiger partial charge is 0.397 e. The van der Waals surface area contributed by atoms with Crippen molar-refractivity contribution in [2.75, 3.05) is 24.6 Å². The van der Waals surface area contributed by atoms with E-state index in [4.69, 9.17) is 17.3 Å². The molecule has 0 spiro atoms. The van der Waals surface area contributed by atoms with E-state index in [9.17, 15) is 4.79 Å². The van der Waals surface area contributed by atoms with Crippen LogP contribution in [0.4, 0.5) is 11.4 Å².